The van der Waals surface area contributed by atoms with E-state index >= 15 is 0 Å². The lowest BCUT2D eigenvalue weighted by Crippen LogP contribution is -2.35. The Morgan fingerprint density at radius 2 is 1.58 bits per heavy atom. The number of benzene rings is 2. The van der Waals surface area contributed by atoms with E-state index in [4.69, 9.17) is 16.3 Å². The summed E-state index contributed by atoms with van der Waals surface area (Å²) in [4.78, 5) is 25.1. The standard InChI is InChI=1S/C18H17ClN2O3/c1-24-15-7-3-6-14(11-15)21-17(23)18(8-9-18)16(22)20-13-5-2-4-12(19)10-13/h2-7,10-11H,8-9H2,1H3,(H,20,22)(H,21,23). The van der Waals surface area contributed by atoms with Crippen molar-refractivity contribution in [2.24, 2.45) is 5.41 Å². The molecular formula is C18H17ClN2O3. The SMILES string of the molecule is COc1cccc(NC(=O)C2(C(=O)Nc3cccc(Cl)c3)CC2)c1. The summed E-state index contributed by atoms with van der Waals surface area (Å²) in [7, 11) is 1.56. The number of rotatable bonds is 5. The van der Waals surface area contributed by atoms with Gasteiger partial charge >= 0.3 is 0 Å². The monoisotopic (exact) mass is 344 g/mol. The highest BCUT2D eigenvalue weighted by atomic mass is 35.5. The van der Waals surface area contributed by atoms with Crippen molar-refractivity contribution in [2.75, 3.05) is 17.7 Å². The van der Waals surface area contributed by atoms with Crippen LogP contribution in [0.2, 0.25) is 5.02 Å². The lowest BCUT2D eigenvalue weighted by molar-refractivity contribution is -0.131. The molecule has 1 fully saturated rings. The van der Waals surface area contributed by atoms with Crippen molar-refractivity contribution in [3.63, 3.8) is 0 Å². The molecule has 0 spiro atoms. The van der Waals surface area contributed by atoms with Crippen LogP contribution in [0.15, 0.2) is 48.5 Å². The second-order valence-corrected chi connectivity index (χ2v) is 6.17. The largest absolute Gasteiger partial charge is 0.497 e. The molecule has 1 saturated carbocycles. The fourth-order valence-electron chi connectivity index (χ4n) is 2.45. The van der Waals surface area contributed by atoms with Crippen LogP contribution in [0.4, 0.5) is 11.4 Å². The lowest BCUT2D eigenvalue weighted by atomic mass is 10.0. The molecule has 2 amide bonds. The second kappa shape index (κ2) is 6.53. The van der Waals surface area contributed by atoms with Crippen LogP contribution in [0.1, 0.15) is 12.8 Å². The lowest BCUT2D eigenvalue weighted by Gasteiger charge is -2.16. The summed E-state index contributed by atoms with van der Waals surface area (Å²) in [5.41, 5.74) is 0.153. The average molecular weight is 345 g/mol. The molecule has 1 aliphatic rings. The first kappa shape index (κ1) is 16.3. The highest BCUT2D eigenvalue weighted by Crippen LogP contribution is 2.47. The summed E-state index contributed by atoms with van der Waals surface area (Å²) >= 11 is 5.91. The molecule has 1 aliphatic carbocycles. The maximum Gasteiger partial charge on any atom is 0.240 e. The van der Waals surface area contributed by atoms with Gasteiger partial charge in [0.05, 0.1) is 7.11 Å². The summed E-state index contributed by atoms with van der Waals surface area (Å²) in [6, 6.07) is 13.9. The molecule has 2 aromatic carbocycles. The van der Waals surface area contributed by atoms with Crippen LogP contribution in [0, 0.1) is 5.41 Å². The van der Waals surface area contributed by atoms with Gasteiger partial charge in [0.1, 0.15) is 11.2 Å². The maximum atomic E-state index is 12.6. The number of methoxy groups -OCH3 is 1. The molecule has 0 bridgehead atoms. The van der Waals surface area contributed by atoms with Gasteiger partial charge in [-0.1, -0.05) is 23.7 Å². The molecule has 0 aliphatic heterocycles. The third kappa shape index (κ3) is 3.36. The quantitative estimate of drug-likeness (QED) is 0.812. The number of carbonyl (C=O) groups excluding carboxylic acids is 2. The van der Waals surface area contributed by atoms with Gasteiger partial charge in [-0.05, 0) is 43.2 Å². The van der Waals surface area contributed by atoms with E-state index in [1.54, 1.807) is 55.6 Å². The van der Waals surface area contributed by atoms with Crippen molar-refractivity contribution < 1.29 is 14.3 Å². The molecule has 0 radical (unpaired) electrons. The number of ether oxygens (including phenoxy) is 1. The van der Waals surface area contributed by atoms with Crippen LogP contribution in [0.3, 0.4) is 0 Å². The highest BCUT2D eigenvalue weighted by Gasteiger charge is 2.56. The number of halogens is 1. The highest BCUT2D eigenvalue weighted by molar-refractivity contribution is 6.31. The van der Waals surface area contributed by atoms with E-state index in [9.17, 15) is 9.59 Å². The van der Waals surface area contributed by atoms with E-state index in [1.165, 1.54) is 0 Å². The molecule has 2 aromatic rings. The summed E-state index contributed by atoms with van der Waals surface area (Å²) in [6.45, 7) is 0. The van der Waals surface area contributed by atoms with Crippen LogP contribution in [-0.2, 0) is 9.59 Å². The first-order chi connectivity index (χ1) is 11.5. The molecule has 3 rings (SSSR count). The minimum atomic E-state index is -1.02. The van der Waals surface area contributed by atoms with Crippen molar-refractivity contribution >= 4 is 34.8 Å². The maximum absolute atomic E-state index is 12.6. The minimum Gasteiger partial charge on any atom is -0.497 e. The van der Waals surface area contributed by atoms with Crippen LogP contribution in [0.5, 0.6) is 5.75 Å². The van der Waals surface area contributed by atoms with Gasteiger partial charge < -0.3 is 15.4 Å². The van der Waals surface area contributed by atoms with Crippen molar-refractivity contribution in [2.45, 2.75) is 12.8 Å². The number of carbonyl (C=O) groups is 2. The molecule has 0 atom stereocenters. The van der Waals surface area contributed by atoms with Crippen molar-refractivity contribution in [1.29, 1.82) is 0 Å². The van der Waals surface area contributed by atoms with E-state index in [1.807, 2.05) is 0 Å². The Balaban J connectivity index is 1.70. The molecule has 0 saturated heterocycles. The van der Waals surface area contributed by atoms with Gasteiger partial charge in [0.15, 0.2) is 0 Å². The molecule has 5 nitrogen and oxygen atoms in total. The molecule has 0 unspecified atom stereocenters. The molecule has 6 heteroatoms. The van der Waals surface area contributed by atoms with Crippen LogP contribution >= 0.6 is 11.6 Å². The van der Waals surface area contributed by atoms with Gasteiger partial charge in [0, 0.05) is 22.5 Å². The number of hydrogen-bond acceptors (Lipinski definition) is 3. The molecule has 0 heterocycles. The van der Waals surface area contributed by atoms with Crippen LogP contribution in [-0.4, -0.2) is 18.9 Å². The first-order valence-corrected chi connectivity index (χ1v) is 7.94. The zero-order valence-corrected chi connectivity index (χ0v) is 13.9. The number of hydrogen-bond donors (Lipinski definition) is 2. The first-order valence-electron chi connectivity index (χ1n) is 7.56. The second-order valence-electron chi connectivity index (χ2n) is 5.73. The fourth-order valence-corrected chi connectivity index (χ4v) is 2.64. The van der Waals surface area contributed by atoms with E-state index < -0.39 is 5.41 Å². The van der Waals surface area contributed by atoms with E-state index in [-0.39, 0.29) is 11.8 Å². The van der Waals surface area contributed by atoms with E-state index in [0.29, 0.717) is 35.0 Å². The third-order valence-electron chi connectivity index (χ3n) is 4.03. The van der Waals surface area contributed by atoms with Gasteiger partial charge in [-0.3, -0.25) is 9.59 Å². The topological polar surface area (TPSA) is 67.4 Å². The van der Waals surface area contributed by atoms with Crippen LogP contribution in [0.25, 0.3) is 0 Å². The minimum absolute atomic E-state index is 0.310. The van der Waals surface area contributed by atoms with Crippen molar-refractivity contribution in [3.05, 3.63) is 53.6 Å². The Kier molecular flexibility index (Phi) is 4.44. The number of anilines is 2. The predicted octanol–water partition coefficient (Wildman–Crippen LogP) is 3.71. The smallest absolute Gasteiger partial charge is 0.240 e. The van der Waals surface area contributed by atoms with Gasteiger partial charge in [0.25, 0.3) is 0 Å². The average Bonchev–Trinajstić information content (AvgIpc) is 3.37. The van der Waals surface area contributed by atoms with E-state index in [0.717, 1.165) is 0 Å². The zero-order chi connectivity index (χ0) is 17.2. The molecule has 0 aromatic heterocycles. The molecule has 24 heavy (non-hydrogen) atoms. The number of amides is 2. The zero-order valence-electron chi connectivity index (χ0n) is 13.1. The van der Waals surface area contributed by atoms with Crippen molar-refractivity contribution in [1.82, 2.24) is 0 Å². The van der Waals surface area contributed by atoms with Gasteiger partial charge in [-0.25, -0.2) is 0 Å². The van der Waals surface area contributed by atoms with Gasteiger partial charge in [0.2, 0.25) is 11.8 Å². The van der Waals surface area contributed by atoms with Crippen molar-refractivity contribution in [3.8, 4) is 5.75 Å². The summed E-state index contributed by atoms with van der Waals surface area (Å²) in [6.07, 6.45) is 1.05. The Morgan fingerprint density at radius 3 is 2.12 bits per heavy atom. The number of nitrogens with one attached hydrogen (secondary N) is 2. The van der Waals surface area contributed by atoms with Crippen LogP contribution < -0.4 is 15.4 Å². The molecular weight excluding hydrogens is 328 g/mol. The Bertz CT molecular complexity index is 787. The Labute approximate surface area is 145 Å². The normalized spacial score (nSPS) is 14.6. The van der Waals surface area contributed by atoms with Gasteiger partial charge in [-0.15, -0.1) is 0 Å². The summed E-state index contributed by atoms with van der Waals surface area (Å²) in [5, 5.41) is 6.08. The Morgan fingerprint density at radius 1 is 1.00 bits per heavy atom. The van der Waals surface area contributed by atoms with E-state index in [2.05, 4.69) is 10.6 Å². The molecule has 124 valence electrons. The fraction of sp³-hybridized carbons (Fsp3) is 0.222. The Hall–Kier alpha value is -2.53. The third-order valence-corrected chi connectivity index (χ3v) is 4.26. The predicted molar refractivity (Wildman–Crippen MR) is 93.4 cm³/mol. The summed E-state index contributed by atoms with van der Waals surface area (Å²) < 4.78 is 5.13. The van der Waals surface area contributed by atoms with Gasteiger partial charge in [-0.2, -0.15) is 0 Å². The summed E-state index contributed by atoms with van der Waals surface area (Å²) in [5.74, 6) is 0.0152. The molecule has 2 N–H and O–H groups in total.